The van der Waals surface area contributed by atoms with Crippen molar-refractivity contribution in [2.24, 2.45) is 0 Å². The number of unbranched alkanes of at least 4 members (excludes halogenated alkanes) is 2. The molecule has 13 heavy (non-hydrogen) atoms. The van der Waals surface area contributed by atoms with Gasteiger partial charge in [0.25, 0.3) is 0 Å². The molecule has 0 rings (SSSR count). The third kappa shape index (κ3) is 8.44. The van der Waals surface area contributed by atoms with Gasteiger partial charge in [-0.15, -0.1) is 0 Å². The monoisotopic (exact) mass is 211 g/mol. The van der Waals surface area contributed by atoms with Gasteiger partial charge < -0.3 is 4.89 Å². The molecule has 0 aromatic rings. The van der Waals surface area contributed by atoms with E-state index in [1.807, 2.05) is 13.8 Å². The van der Waals surface area contributed by atoms with Crippen molar-refractivity contribution in [3.8, 4) is 0 Å². The Labute approximate surface area is 81.3 Å². The summed E-state index contributed by atoms with van der Waals surface area (Å²) in [6.07, 6.45) is 3.44. The number of phosphoric ester groups is 1. The van der Waals surface area contributed by atoms with Crippen molar-refractivity contribution in [3.05, 3.63) is 0 Å². The quantitative estimate of drug-likeness (QED) is 0.495. The molecule has 0 unspecified atom stereocenters. The maximum atomic E-state index is 11.1. The Balaban J connectivity index is 0. The second kappa shape index (κ2) is 7.51. The maximum Gasteiger partial charge on any atom is 1.00 e. The number of hydrogen-bond donors (Lipinski definition) is 1. The van der Waals surface area contributed by atoms with Crippen LogP contribution in [0.25, 0.3) is 0 Å². The fraction of sp³-hybridized carbons (Fsp3) is 1.00. The highest BCUT2D eigenvalue weighted by Crippen LogP contribution is 2.43. The van der Waals surface area contributed by atoms with Crippen molar-refractivity contribution < 1.29 is 19.9 Å². The fourth-order valence-corrected chi connectivity index (χ4v) is 1.48. The van der Waals surface area contributed by atoms with Crippen molar-refractivity contribution in [2.45, 2.75) is 39.5 Å². The third-order valence-corrected chi connectivity index (χ3v) is 2.52. The third-order valence-electron chi connectivity index (χ3n) is 1.50. The second-order valence-electron chi connectivity index (χ2n) is 2.84. The molecule has 0 saturated carbocycles. The Hall–Kier alpha value is 0.110. The first kappa shape index (κ1) is 13.1. The van der Waals surface area contributed by atoms with Crippen LogP contribution in [0.2, 0.25) is 0 Å². The first-order chi connectivity index (χ1) is 6.12. The number of phosphoric acid groups is 1. The van der Waals surface area contributed by atoms with Gasteiger partial charge in [-0.25, -0.2) is 4.57 Å². The summed E-state index contributed by atoms with van der Waals surface area (Å²) in [7, 11) is -3.75. The highest BCUT2D eigenvalue weighted by molar-refractivity contribution is 7.47. The predicted octanol–water partition coefficient (Wildman–Crippen LogP) is 2.83. The summed E-state index contributed by atoms with van der Waals surface area (Å²) < 4.78 is 20.5. The number of rotatable bonds is 8. The van der Waals surface area contributed by atoms with Gasteiger partial charge in [0.05, 0.1) is 13.2 Å². The van der Waals surface area contributed by atoms with Crippen LogP contribution in [-0.4, -0.2) is 18.1 Å². The average molecular weight is 211 g/mol. The van der Waals surface area contributed by atoms with Gasteiger partial charge in [-0.1, -0.05) is 26.7 Å². The SMILES string of the molecule is CCCCOP(=O)(O)OCCCC.[H+]. The van der Waals surface area contributed by atoms with E-state index >= 15 is 0 Å². The molecular formula is C8H20O4P+. The summed E-state index contributed by atoms with van der Waals surface area (Å²) in [6.45, 7) is 4.56. The van der Waals surface area contributed by atoms with Crippen LogP contribution in [0.3, 0.4) is 0 Å². The van der Waals surface area contributed by atoms with Crippen LogP contribution in [0.5, 0.6) is 0 Å². The summed E-state index contributed by atoms with van der Waals surface area (Å²) in [5.41, 5.74) is 0. The van der Waals surface area contributed by atoms with Crippen LogP contribution in [-0.2, 0) is 13.6 Å². The van der Waals surface area contributed by atoms with E-state index in [1.165, 1.54) is 0 Å². The minimum absolute atomic E-state index is 0. The van der Waals surface area contributed by atoms with Gasteiger partial charge in [0.2, 0.25) is 0 Å². The van der Waals surface area contributed by atoms with Crippen LogP contribution < -0.4 is 0 Å². The first-order valence-electron chi connectivity index (χ1n) is 4.74. The second-order valence-corrected chi connectivity index (χ2v) is 4.30. The Morgan fingerprint density at radius 3 is 1.85 bits per heavy atom. The first-order valence-corrected chi connectivity index (χ1v) is 6.23. The van der Waals surface area contributed by atoms with E-state index < -0.39 is 7.82 Å². The van der Waals surface area contributed by atoms with E-state index in [0.29, 0.717) is 0 Å². The van der Waals surface area contributed by atoms with Gasteiger partial charge in [0.1, 0.15) is 0 Å². The summed E-state index contributed by atoms with van der Waals surface area (Å²) >= 11 is 0. The van der Waals surface area contributed by atoms with E-state index in [2.05, 4.69) is 0 Å². The Morgan fingerprint density at radius 2 is 1.54 bits per heavy atom. The highest BCUT2D eigenvalue weighted by Gasteiger charge is 2.19. The highest BCUT2D eigenvalue weighted by atomic mass is 31.2. The van der Waals surface area contributed by atoms with Crippen molar-refractivity contribution in [1.29, 1.82) is 0 Å². The lowest BCUT2D eigenvalue weighted by atomic mass is 10.4. The van der Waals surface area contributed by atoms with Crippen molar-refractivity contribution in [2.75, 3.05) is 13.2 Å². The zero-order chi connectivity index (χ0) is 10.2. The van der Waals surface area contributed by atoms with Gasteiger partial charge in [-0.2, -0.15) is 0 Å². The molecule has 0 bridgehead atoms. The van der Waals surface area contributed by atoms with Crippen LogP contribution in [0, 0.1) is 0 Å². The van der Waals surface area contributed by atoms with Gasteiger partial charge in [-0.05, 0) is 12.8 Å². The molecule has 0 aliphatic carbocycles. The molecule has 0 fully saturated rings. The van der Waals surface area contributed by atoms with E-state index in [9.17, 15) is 4.57 Å². The smallest absolute Gasteiger partial charge is 0.302 e. The largest absolute Gasteiger partial charge is 1.00 e. The van der Waals surface area contributed by atoms with E-state index in [0.717, 1.165) is 25.7 Å². The lowest BCUT2D eigenvalue weighted by Crippen LogP contribution is -1.98. The zero-order valence-corrected chi connectivity index (χ0v) is 9.26. The summed E-state index contributed by atoms with van der Waals surface area (Å²) in [5, 5.41) is 0. The van der Waals surface area contributed by atoms with Crippen molar-refractivity contribution >= 4 is 7.82 Å². The van der Waals surface area contributed by atoms with Crippen LogP contribution in [0.4, 0.5) is 0 Å². The lowest BCUT2D eigenvalue weighted by Gasteiger charge is -2.10. The van der Waals surface area contributed by atoms with Crippen LogP contribution >= 0.6 is 7.82 Å². The van der Waals surface area contributed by atoms with Gasteiger partial charge in [-0.3, -0.25) is 9.05 Å². The Morgan fingerprint density at radius 1 is 1.15 bits per heavy atom. The summed E-state index contributed by atoms with van der Waals surface area (Å²) in [6, 6.07) is 0. The maximum absolute atomic E-state index is 11.1. The van der Waals surface area contributed by atoms with Crippen LogP contribution in [0.1, 0.15) is 41.0 Å². The molecular weight excluding hydrogens is 191 g/mol. The topological polar surface area (TPSA) is 55.8 Å². The molecule has 0 amide bonds. The minimum Gasteiger partial charge on any atom is -0.302 e. The molecule has 0 aliphatic heterocycles. The number of hydrogen-bond acceptors (Lipinski definition) is 3. The van der Waals surface area contributed by atoms with Crippen molar-refractivity contribution in [1.82, 2.24) is 0 Å². The fourth-order valence-electron chi connectivity index (χ4n) is 0.686. The van der Waals surface area contributed by atoms with Gasteiger partial charge in [0.15, 0.2) is 0 Å². The predicted molar refractivity (Wildman–Crippen MR) is 52.7 cm³/mol. The molecule has 80 valence electrons. The van der Waals surface area contributed by atoms with Crippen molar-refractivity contribution in [3.63, 3.8) is 0 Å². The Kier molecular flexibility index (Phi) is 7.57. The lowest BCUT2D eigenvalue weighted by molar-refractivity contribution is 0.146. The summed E-state index contributed by atoms with van der Waals surface area (Å²) in [5.74, 6) is 0. The Bertz CT molecular complexity index is 151. The average Bonchev–Trinajstić information content (AvgIpc) is 2.05. The molecule has 5 heteroatoms. The van der Waals surface area contributed by atoms with E-state index in [1.54, 1.807) is 0 Å². The molecule has 0 aliphatic rings. The molecule has 1 N–H and O–H groups in total. The minimum atomic E-state index is -3.75. The van der Waals surface area contributed by atoms with Crippen LogP contribution in [0.15, 0.2) is 0 Å². The molecule has 0 saturated heterocycles. The van der Waals surface area contributed by atoms with E-state index in [4.69, 9.17) is 13.9 Å². The standard InChI is InChI=1S/C8H19O4P/c1-3-5-7-11-13(9,10)12-8-6-4-2/h3-8H2,1-2H3,(H,9,10)/p+1. The molecule has 0 aromatic heterocycles. The molecule has 4 nitrogen and oxygen atoms in total. The van der Waals surface area contributed by atoms with Gasteiger partial charge >= 0.3 is 9.25 Å². The molecule has 0 aromatic carbocycles. The molecule has 0 radical (unpaired) electrons. The summed E-state index contributed by atoms with van der Waals surface area (Å²) in [4.78, 5) is 9.08. The normalized spacial score (nSPS) is 11.9. The molecule has 0 heterocycles. The van der Waals surface area contributed by atoms with Gasteiger partial charge in [0, 0.05) is 0 Å². The van der Waals surface area contributed by atoms with E-state index in [-0.39, 0.29) is 14.6 Å². The molecule has 0 atom stereocenters. The zero-order valence-electron chi connectivity index (χ0n) is 9.36. The molecule has 0 spiro atoms.